The maximum Gasteiger partial charge on any atom is 0.260 e. The Hall–Kier alpha value is -2.70. The number of aryl methyl sites for hydroxylation is 1. The van der Waals surface area contributed by atoms with Gasteiger partial charge in [-0.15, -0.1) is 0 Å². The van der Waals surface area contributed by atoms with Crippen molar-refractivity contribution in [1.29, 1.82) is 0 Å². The third-order valence-electron chi connectivity index (χ3n) is 6.33. The third-order valence-corrected chi connectivity index (χ3v) is 6.33. The van der Waals surface area contributed by atoms with Crippen molar-refractivity contribution >= 4 is 22.9 Å². The average Bonchev–Trinajstić information content (AvgIpc) is 3.20. The zero-order valence-electron chi connectivity index (χ0n) is 18.0. The Balaban J connectivity index is 1.43. The summed E-state index contributed by atoms with van der Waals surface area (Å²) in [5.74, 6) is -0.1000. The Morgan fingerprint density at radius 3 is 2.71 bits per heavy atom. The van der Waals surface area contributed by atoms with Crippen molar-refractivity contribution in [3.8, 4) is 0 Å². The molecule has 1 amide bonds. The molecule has 1 fully saturated rings. The number of amides is 1. The second-order valence-electron chi connectivity index (χ2n) is 8.90. The predicted octanol–water partition coefficient (Wildman–Crippen LogP) is 4.18. The number of hydrogen-bond donors (Lipinski definition) is 1. The minimum atomic E-state index is -0.561. The number of carbonyl (C=O) groups excluding carboxylic acids is 1. The summed E-state index contributed by atoms with van der Waals surface area (Å²) in [5.41, 5.74) is 4.25. The van der Waals surface area contributed by atoms with Crippen LogP contribution < -0.4 is 5.32 Å². The lowest BCUT2D eigenvalue weighted by Gasteiger charge is -2.26. The van der Waals surface area contributed by atoms with Gasteiger partial charge in [-0.1, -0.05) is 18.2 Å². The molecule has 1 saturated heterocycles. The van der Waals surface area contributed by atoms with Gasteiger partial charge in [-0.2, -0.15) is 0 Å². The molecule has 5 nitrogen and oxygen atoms in total. The average molecular weight is 423 g/mol. The van der Waals surface area contributed by atoms with Crippen LogP contribution in [-0.2, 0) is 26.3 Å². The van der Waals surface area contributed by atoms with Gasteiger partial charge in [0.1, 0.15) is 17.2 Å². The summed E-state index contributed by atoms with van der Waals surface area (Å²) in [5, 5.41) is 2.82. The number of nitrogens with zero attached hydrogens (tertiary/aromatic N) is 1. The van der Waals surface area contributed by atoms with Crippen molar-refractivity contribution in [2.75, 3.05) is 38.2 Å². The van der Waals surface area contributed by atoms with Crippen LogP contribution >= 0.6 is 0 Å². The van der Waals surface area contributed by atoms with Crippen LogP contribution in [0, 0.1) is 5.82 Å². The predicted molar refractivity (Wildman–Crippen MR) is 118 cm³/mol. The summed E-state index contributed by atoms with van der Waals surface area (Å²) in [4.78, 5) is 15.2. The molecule has 31 heavy (non-hydrogen) atoms. The van der Waals surface area contributed by atoms with Crippen LogP contribution in [0.4, 0.5) is 10.1 Å². The molecule has 0 bridgehead atoms. The minimum absolute atomic E-state index is 0.256. The maximum atomic E-state index is 13.9. The summed E-state index contributed by atoms with van der Waals surface area (Å²) >= 11 is 0. The van der Waals surface area contributed by atoms with E-state index in [1.54, 1.807) is 6.07 Å². The molecule has 0 saturated carbocycles. The van der Waals surface area contributed by atoms with E-state index in [0.29, 0.717) is 22.6 Å². The fourth-order valence-electron chi connectivity index (χ4n) is 4.69. The molecule has 0 aromatic heterocycles. The molecular weight excluding hydrogens is 395 g/mol. The summed E-state index contributed by atoms with van der Waals surface area (Å²) < 4.78 is 25.6. The van der Waals surface area contributed by atoms with E-state index in [0.717, 1.165) is 56.8 Å². The van der Waals surface area contributed by atoms with Crippen molar-refractivity contribution < 1.29 is 18.7 Å². The van der Waals surface area contributed by atoms with Crippen molar-refractivity contribution in [3.63, 3.8) is 0 Å². The van der Waals surface area contributed by atoms with Crippen LogP contribution in [0.3, 0.4) is 0 Å². The largest absolute Gasteiger partial charge is 0.482 e. The molecule has 6 heteroatoms. The van der Waals surface area contributed by atoms with Gasteiger partial charge in [0.15, 0.2) is 0 Å². The number of halogens is 1. The van der Waals surface area contributed by atoms with Crippen molar-refractivity contribution in [2.45, 2.75) is 32.3 Å². The van der Waals surface area contributed by atoms with Crippen LogP contribution in [0.2, 0.25) is 0 Å². The Bertz CT molecular complexity index is 1070. The number of morpholine rings is 1. The van der Waals surface area contributed by atoms with Gasteiger partial charge >= 0.3 is 0 Å². The van der Waals surface area contributed by atoms with Gasteiger partial charge < -0.3 is 14.8 Å². The molecule has 3 aliphatic heterocycles. The lowest BCUT2D eigenvalue weighted by Crippen LogP contribution is -2.36. The molecular formula is C25H27FN2O3. The Kier molecular flexibility index (Phi) is 5.07. The first-order valence-electron chi connectivity index (χ1n) is 10.9. The summed E-state index contributed by atoms with van der Waals surface area (Å²) in [6.45, 7) is 8.74. The fraction of sp³-hybridized carbons (Fsp3) is 0.400. The highest BCUT2D eigenvalue weighted by Crippen LogP contribution is 2.48. The molecule has 0 unspecified atom stereocenters. The first kappa shape index (κ1) is 20.2. The maximum absolute atomic E-state index is 13.9. The highest BCUT2D eigenvalue weighted by molar-refractivity contribution is 6.36. The number of ether oxygens (including phenoxy) is 2. The lowest BCUT2D eigenvalue weighted by molar-refractivity contribution is -0.110. The standard InChI is InChI=1S/C25H27FN2O3/c1-25(2)20-14-16(4-3-9-28-10-12-30-13-11-28)5-7-18(20)23(31-25)22-19-15-17(26)6-8-21(19)27-24(22)29/h5-8,14-15H,3-4,9-13H2,1-2H3,(H,27,29)/b23-22+. The Labute approximate surface area is 181 Å². The summed E-state index contributed by atoms with van der Waals surface area (Å²) in [6.07, 6.45) is 2.07. The van der Waals surface area contributed by atoms with Crippen LogP contribution in [0.15, 0.2) is 36.4 Å². The molecule has 162 valence electrons. The van der Waals surface area contributed by atoms with E-state index in [-0.39, 0.29) is 11.7 Å². The zero-order valence-corrected chi connectivity index (χ0v) is 18.0. The molecule has 0 radical (unpaired) electrons. The lowest BCUT2D eigenvalue weighted by atomic mass is 9.91. The molecule has 2 aromatic carbocycles. The smallest absolute Gasteiger partial charge is 0.260 e. The van der Waals surface area contributed by atoms with Gasteiger partial charge in [0.05, 0.1) is 18.8 Å². The first-order chi connectivity index (χ1) is 14.9. The van der Waals surface area contributed by atoms with E-state index >= 15 is 0 Å². The highest BCUT2D eigenvalue weighted by Gasteiger charge is 2.40. The first-order valence-corrected chi connectivity index (χ1v) is 10.9. The van der Waals surface area contributed by atoms with E-state index in [2.05, 4.69) is 22.3 Å². The SMILES string of the molecule is CC1(C)O/C(=C2/C(=O)Nc3ccc(F)cc32)c2ccc(CCCN3CCOCC3)cc21. The van der Waals surface area contributed by atoms with Gasteiger partial charge in [0, 0.05) is 35.5 Å². The van der Waals surface area contributed by atoms with Gasteiger partial charge in [-0.05, 0) is 57.0 Å². The third kappa shape index (κ3) is 3.75. The van der Waals surface area contributed by atoms with Crippen LogP contribution in [0.5, 0.6) is 0 Å². The molecule has 3 aliphatic rings. The molecule has 3 heterocycles. The molecule has 0 atom stereocenters. The molecule has 2 aromatic rings. The number of anilines is 1. The van der Waals surface area contributed by atoms with Gasteiger partial charge in [-0.3, -0.25) is 9.69 Å². The molecule has 5 rings (SSSR count). The molecule has 0 aliphatic carbocycles. The van der Waals surface area contributed by atoms with Gasteiger partial charge in [0.25, 0.3) is 5.91 Å². The second-order valence-corrected chi connectivity index (χ2v) is 8.90. The number of benzene rings is 2. The number of hydrogen-bond acceptors (Lipinski definition) is 4. The van der Waals surface area contributed by atoms with Gasteiger partial charge in [-0.25, -0.2) is 4.39 Å². The van der Waals surface area contributed by atoms with Crippen LogP contribution in [0.25, 0.3) is 11.3 Å². The molecule has 1 N–H and O–H groups in total. The van der Waals surface area contributed by atoms with E-state index in [1.165, 1.54) is 17.7 Å². The van der Waals surface area contributed by atoms with E-state index in [9.17, 15) is 9.18 Å². The Morgan fingerprint density at radius 1 is 1.10 bits per heavy atom. The monoisotopic (exact) mass is 422 g/mol. The van der Waals surface area contributed by atoms with Crippen LogP contribution in [0.1, 0.15) is 42.5 Å². The summed E-state index contributed by atoms with van der Waals surface area (Å²) in [7, 11) is 0. The van der Waals surface area contributed by atoms with Gasteiger partial charge in [0.2, 0.25) is 0 Å². The summed E-state index contributed by atoms with van der Waals surface area (Å²) in [6, 6.07) is 10.7. The van der Waals surface area contributed by atoms with E-state index < -0.39 is 5.60 Å². The second kappa shape index (κ2) is 7.77. The van der Waals surface area contributed by atoms with Crippen molar-refractivity contribution in [3.05, 3.63) is 64.5 Å². The number of nitrogens with one attached hydrogen (secondary N) is 1. The topological polar surface area (TPSA) is 50.8 Å². The van der Waals surface area contributed by atoms with Crippen molar-refractivity contribution in [1.82, 2.24) is 4.90 Å². The normalized spacial score (nSPS) is 22.1. The molecule has 0 spiro atoms. The zero-order chi connectivity index (χ0) is 21.6. The number of fused-ring (bicyclic) bond motifs is 2. The van der Waals surface area contributed by atoms with Crippen LogP contribution in [-0.4, -0.2) is 43.7 Å². The fourth-order valence-corrected chi connectivity index (χ4v) is 4.69. The van der Waals surface area contributed by atoms with Crippen molar-refractivity contribution in [2.24, 2.45) is 0 Å². The Morgan fingerprint density at radius 2 is 1.90 bits per heavy atom. The number of carbonyl (C=O) groups is 1. The van der Waals surface area contributed by atoms with E-state index in [1.807, 2.05) is 19.9 Å². The van der Waals surface area contributed by atoms with E-state index in [4.69, 9.17) is 9.47 Å². The quantitative estimate of drug-likeness (QED) is 0.752. The number of rotatable bonds is 4. The highest BCUT2D eigenvalue weighted by atomic mass is 19.1. The minimum Gasteiger partial charge on any atom is -0.482 e.